The molecule has 0 fully saturated rings. The molecule has 0 saturated heterocycles. The van der Waals surface area contributed by atoms with Gasteiger partial charge in [-0.25, -0.2) is 0 Å². The van der Waals surface area contributed by atoms with E-state index in [1.54, 1.807) is 0 Å². The lowest BCUT2D eigenvalue weighted by molar-refractivity contribution is -0.137. The van der Waals surface area contributed by atoms with Crippen LogP contribution in [0.15, 0.2) is 24.3 Å². The molecular formula is C15H21NO4. The highest BCUT2D eigenvalue weighted by atomic mass is 16.5. The molecule has 0 aliphatic carbocycles. The second-order valence-corrected chi connectivity index (χ2v) is 4.56. The number of hydrogen-bond donors (Lipinski definition) is 2. The van der Waals surface area contributed by atoms with E-state index in [9.17, 15) is 9.59 Å². The van der Waals surface area contributed by atoms with Gasteiger partial charge in [0.2, 0.25) is 0 Å². The van der Waals surface area contributed by atoms with Crippen LogP contribution >= 0.6 is 0 Å². The second kappa shape index (κ2) is 8.19. The summed E-state index contributed by atoms with van der Waals surface area (Å²) in [6.07, 6.45) is 1.45. The van der Waals surface area contributed by atoms with Gasteiger partial charge < -0.3 is 15.2 Å². The molecule has 0 bridgehead atoms. The third kappa shape index (κ3) is 5.73. The zero-order valence-corrected chi connectivity index (χ0v) is 11.9. The first-order chi connectivity index (χ1) is 9.55. The average Bonchev–Trinajstić information content (AvgIpc) is 2.44. The molecule has 20 heavy (non-hydrogen) atoms. The van der Waals surface area contributed by atoms with Crippen LogP contribution in [-0.2, 0) is 16.0 Å². The Morgan fingerprint density at radius 2 is 1.90 bits per heavy atom. The molecule has 0 heterocycles. The number of carboxylic acids is 1. The van der Waals surface area contributed by atoms with E-state index in [-0.39, 0.29) is 25.0 Å². The van der Waals surface area contributed by atoms with Crippen molar-refractivity contribution in [1.82, 2.24) is 5.32 Å². The van der Waals surface area contributed by atoms with Crippen LogP contribution in [0.5, 0.6) is 5.75 Å². The minimum absolute atomic E-state index is 0.0760. The standard InChI is InChI=1S/C15H21NO4/c1-3-11-5-7-13(8-6-11)20-10-14(17)16-12(4-2)9-15(18)19/h5-8,12H,3-4,9-10H2,1-2H3,(H,16,17)(H,18,19). The van der Waals surface area contributed by atoms with Gasteiger partial charge in [-0.1, -0.05) is 26.0 Å². The number of hydrogen-bond acceptors (Lipinski definition) is 3. The molecule has 2 N–H and O–H groups in total. The summed E-state index contributed by atoms with van der Waals surface area (Å²) < 4.78 is 5.36. The van der Waals surface area contributed by atoms with Gasteiger partial charge in [-0.15, -0.1) is 0 Å². The van der Waals surface area contributed by atoms with E-state index in [4.69, 9.17) is 9.84 Å². The van der Waals surface area contributed by atoms with Crippen molar-refractivity contribution in [3.05, 3.63) is 29.8 Å². The van der Waals surface area contributed by atoms with Crippen LogP contribution in [-0.4, -0.2) is 29.6 Å². The van der Waals surface area contributed by atoms with Gasteiger partial charge >= 0.3 is 5.97 Å². The predicted octanol–water partition coefficient (Wildman–Crippen LogP) is 2.00. The molecule has 110 valence electrons. The number of carbonyl (C=O) groups is 2. The summed E-state index contributed by atoms with van der Waals surface area (Å²) in [5, 5.41) is 11.3. The maximum atomic E-state index is 11.7. The molecule has 0 aliphatic rings. The van der Waals surface area contributed by atoms with Crippen LogP contribution < -0.4 is 10.1 Å². The Hall–Kier alpha value is -2.04. The summed E-state index contributed by atoms with van der Waals surface area (Å²) in [7, 11) is 0. The molecule has 5 heteroatoms. The summed E-state index contributed by atoms with van der Waals surface area (Å²) in [6.45, 7) is 3.79. The summed E-state index contributed by atoms with van der Waals surface area (Å²) in [5.41, 5.74) is 1.20. The van der Waals surface area contributed by atoms with Crippen LogP contribution in [0.3, 0.4) is 0 Å². The molecule has 1 amide bonds. The lowest BCUT2D eigenvalue weighted by Gasteiger charge is -2.15. The van der Waals surface area contributed by atoms with E-state index in [1.807, 2.05) is 31.2 Å². The van der Waals surface area contributed by atoms with Gasteiger partial charge in [0.1, 0.15) is 5.75 Å². The first-order valence-electron chi connectivity index (χ1n) is 6.78. The number of carboxylic acid groups (broad SMARTS) is 1. The van der Waals surface area contributed by atoms with E-state index >= 15 is 0 Å². The fraction of sp³-hybridized carbons (Fsp3) is 0.467. The van der Waals surface area contributed by atoms with Crippen molar-refractivity contribution >= 4 is 11.9 Å². The third-order valence-electron chi connectivity index (χ3n) is 2.98. The van der Waals surface area contributed by atoms with Gasteiger partial charge in [-0.3, -0.25) is 9.59 Å². The second-order valence-electron chi connectivity index (χ2n) is 4.56. The molecule has 5 nitrogen and oxygen atoms in total. The van der Waals surface area contributed by atoms with E-state index in [0.717, 1.165) is 6.42 Å². The number of carbonyl (C=O) groups excluding carboxylic acids is 1. The van der Waals surface area contributed by atoms with E-state index in [0.29, 0.717) is 12.2 Å². The van der Waals surface area contributed by atoms with Crippen LogP contribution in [0.4, 0.5) is 0 Å². The first kappa shape index (κ1) is 16.0. The quantitative estimate of drug-likeness (QED) is 0.763. The molecule has 0 saturated carbocycles. The number of benzene rings is 1. The maximum absolute atomic E-state index is 11.7. The van der Waals surface area contributed by atoms with Gasteiger partial charge in [0.15, 0.2) is 6.61 Å². The molecule has 1 rings (SSSR count). The Morgan fingerprint density at radius 3 is 2.40 bits per heavy atom. The van der Waals surface area contributed by atoms with Crippen LogP contribution in [0, 0.1) is 0 Å². The normalized spacial score (nSPS) is 11.7. The minimum Gasteiger partial charge on any atom is -0.484 e. The molecule has 1 unspecified atom stereocenters. The van der Waals surface area contributed by atoms with Crippen LogP contribution in [0.2, 0.25) is 0 Å². The number of amides is 1. The van der Waals surface area contributed by atoms with E-state index in [1.165, 1.54) is 5.56 Å². The Morgan fingerprint density at radius 1 is 1.25 bits per heavy atom. The maximum Gasteiger partial charge on any atom is 0.305 e. The monoisotopic (exact) mass is 279 g/mol. The fourth-order valence-corrected chi connectivity index (χ4v) is 1.75. The summed E-state index contributed by atoms with van der Waals surface area (Å²) in [5.74, 6) is -0.602. The van der Waals surface area contributed by atoms with Crippen molar-refractivity contribution in [2.45, 2.75) is 39.2 Å². The average molecular weight is 279 g/mol. The van der Waals surface area contributed by atoms with E-state index < -0.39 is 5.97 Å². The smallest absolute Gasteiger partial charge is 0.305 e. The highest BCUT2D eigenvalue weighted by Crippen LogP contribution is 2.12. The van der Waals surface area contributed by atoms with Crippen molar-refractivity contribution < 1.29 is 19.4 Å². The van der Waals surface area contributed by atoms with Gasteiger partial charge in [0.25, 0.3) is 5.91 Å². The van der Waals surface area contributed by atoms with Gasteiger partial charge in [-0.05, 0) is 30.5 Å². The van der Waals surface area contributed by atoms with Crippen LogP contribution in [0.1, 0.15) is 32.3 Å². The minimum atomic E-state index is -0.923. The zero-order chi connectivity index (χ0) is 15.0. The molecule has 1 aromatic rings. The number of aliphatic carboxylic acids is 1. The summed E-state index contributed by atoms with van der Waals surface area (Å²) in [6, 6.07) is 7.19. The number of rotatable bonds is 8. The van der Waals surface area contributed by atoms with Crippen LogP contribution in [0.25, 0.3) is 0 Å². The molecule has 1 aromatic carbocycles. The van der Waals surface area contributed by atoms with Crippen molar-refractivity contribution in [1.29, 1.82) is 0 Å². The lowest BCUT2D eigenvalue weighted by Crippen LogP contribution is -2.38. The predicted molar refractivity (Wildman–Crippen MR) is 75.8 cm³/mol. The highest BCUT2D eigenvalue weighted by Gasteiger charge is 2.14. The zero-order valence-electron chi connectivity index (χ0n) is 11.9. The first-order valence-corrected chi connectivity index (χ1v) is 6.78. The Bertz CT molecular complexity index is 442. The Labute approximate surface area is 118 Å². The number of aryl methyl sites for hydroxylation is 1. The molecule has 0 aliphatic heterocycles. The SMILES string of the molecule is CCc1ccc(OCC(=O)NC(CC)CC(=O)O)cc1. The Kier molecular flexibility index (Phi) is 6.56. The van der Waals surface area contributed by atoms with Crippen molar-refractivity contribution in [3.8, 4) is 5.75 Å². The van der Waals surface area contributed by atoms with Crippen molar-refractivity contribution in [2.75, 3.05) is 6.61 Å². The number of nitrogens with one attached hydrogen (secondary N) is 1. The van der Waals surface area contributed by atoms with Gasteiger partial charge in [0.05, 0.1) is 6.42 Å². The van der Waals surface area contributed by atoms with Gasteiger partial charge in [0, 0.05) is 6.04 Å². The Balaban J connectivity index is 2.39. The lowest BCUT2D eigenvalue weighted by atomic mass is 10.1. The topological polar surface area (TPSA) is 75.6 Å². The molecule has 1 atom stereocenters. The molecule has 0 radical (unpaired) electrons. The summed E-state index contributed by atoms with van der Waals surface area (Å²) in [4.78, 5) is 22.3. The number of ether oxygens (including phenoxy) is 1. The molecule has 0 aromatic heterocycles. The highest BCUT2D eigenvalue weighted by molar-refractivity contribution is 5.78. The third-order valence-corrected chi connectivity index (χ3v) is 2.98. The van der Waals surface area contributed by atoms with Crippen molar-refractivity contribution in [3.63, 3.8) is 0 Å². The van der Waals surface area contributed by atoms with E-state index in [2.05, 4.69) is 12.2 Å². The van der Waals surface area contributed by atoms with Gasteiger partial charge in [-0.2, -0.15) is 0 Å². The summed E-state index contributed by atoms with van der Waals surface area (Å²) >= 11 is 0. The molecule has 0 spiro atoms. The molecular weight excluding hydrogens is 258 g/mol. The fourth-order valence-electron chi connectivity index (χ4n) is 1.75. The largest absolute Gasteiger partial charge is 0.484 e. The van der Waals surface area contributed by atoms with Crippen molar-refractivity contribution in [2.24, 2.45) is 0 Å².